The summed E-state index contributed by atoms with van der Waals surface area (Å²) in [5.41, 5.74) is 3.76. The van der Waals surface area contributed by atoms with Crippen LogP contribution < -0.4 is 14.8 Å². The van der Waals surface area contributed by atoms with E-state index in [9.17, 15) is 13.2 Å². The van der Waals surface area contributed by atoms with Crippen molar-refractivity contribution in [1.29, 1.82) is 0 Å². The maximum absolute atomic E-state index is 12.7. The summed E-state index contributed by atoms with van der Waals surface area (Å²) in [4.78, 5) is 12.6. The predicted molar refractivity (Wildman–Crippen MR) is 133 cm³/mol. The van der Waals surface area contributed by atoms with Crippen LogP contribution in [0.25, 0.3) is 0 Å². The molecule has 0 saturated carbocycles. The van der Waals surface area contributed by atoms with E-state index in [1.165, 1.54) is 42.5 Å². The molecule has 0 fully saturated rings. The second-order valence-electron chi connectivity index (χ2n) is 7.71. The molecule has 0 spiro atoms. The summed E-state index contributed by atoms with van der Waals surface area (Å²) < 4.78 is 33.6. The van der Waals surface area contributed by atoms with Gasteiger partial charge in [0.1, 0.15) is 5.75 Å². The molecule has 6 nitrogen and oxygen atoms in total. The maximum atomic E-state index is 12.7. The minimum absolute atomic E-state index is 0.0154. The molecule has 0 aliphatic rings. The van der Waals surface area contributed by atoms with Gasteiger partial charge in [0.25, 0.3) is 15.9 Å². The van der Waals surface area contributed by atoms with Gasteiger partial charge in [0.2, 0.25) is 0 Å². The molecule has 0 aliphatic carbocycles. The van der Waals surface area contributed by atoms with Crippen molar-refractivity contribution in [3.05, 3.63) is 81.3 Å². The lowest BCUT2D eigenvalue weighted by molar-refractivity contribution is -0.122. The lowest BCUT2D eigenvalue weighted by Gasteiger charge is -2.18. The van der Waals surface area contributed by atoms with Gasteiger partial charge in [-0.25, -0.2) is 8.42 Å². The number of anilines is 2. The molecule has 0 aromatic heterocycles. The van der Waals surface area contributed by atoms with Gasteiger partial charge in [-0.3, -0.25) is 9.52 Å². The highest BCUT2D eigenvalue weighted by molar-refractivity contribution is 7.92. The van der Waals surface area contributed by atoms with E-state index in [0.717, 1.165) is 16.7 Å². The lowest BCUT2D eigenvalue weighted by atomic mass is 10.1. The highest BCUT2D eigenvalue weighted by Crippen LogP contribution is 2.28. The number of carbonyl (C=O) groups is 1. The molecule has 2 N–H and O–H groups in total. The van der Waals surface area contributed by atoms with Gasteiger partial charge in [0.05, 0.1) is 15.6 Å². The molecule has 0 bridgehead atoms. The summed E-state index contributed by atoms with van der Waals surface area (Å²) in [7, 11) is -3.88. The quantitative estimate of drug-likeness (QED) is 0.403. The summed E-state index contributed by atoms with van der Waals surface area (Å²) in [6, 6.07) is 14.2. The smallest absolute Gasteiger partial charge is 0.265 e. The van der Waals surface area contributed by atoms with Crippen molar-refractivity contribution in [2.75, 3.05) is 10.0 Å². The summed E-state index contributed by atoms with van der Waals surface area (Å²) in [5.74, 6) is 0.304. The Kier molecular flexibility index (Phi) is 7.57. The van der Waals surface area contributed by atoms with Crippen LogP contribution in [0.3, 0.4) is 0 Å². The third-order valence-electron chi connectivity index (χ3n) is 5.04. The van der Waals surface area contributed by atoms with Gasteiger partial charge in [-0.15, -0.1) is 0 Å². The highest BCUT2D eigenvalue weighted by Gasteiger charge is 2.19. The Balaban J connectivity index is 1.68. The third kappa shape index (κ3) is 6.19. The molecule has 1 amide bonds. The van der Waals surface area contributed by atoms with Gasteiger partial charge in [-0.05, 0) is 92.9 Å². The van der Waals surface area contributed by atoms with Crippen molar-refractivity contribution in [2.24, 2.45) is 0 Å². The number of sulfonamides is 1. The Labute approximate surface area is 203 Å². The Morgan fingerprint density at radius 1 is 0.970 bits per heavy atom. The first-order valence-corrected chi connectivity index (χ1v) is 12.3. The van der Waals surface area contributed by atoms with Crippen LogP contribution in [-0.4, -0.2) is 20.4 Å². The molecular formula is C24H24Cl2N2O4S. The van der Waals surface area contributed by atoms with E-state index >= 15 is 0 Å². The normalized spacial score (nSPS) is 12.2. The van der Waals surface area contributed by atoms with E-state index < -0.39 is 16.1 Å². The third-order valence-corrected chi connectivity index (χ3v) is 6.97. The number of carbonyl (C=O) groups excluding carboxylic acids is 1. The summed E-state index contributed by atoms with van der Waals surface area (Å²) in [6.07, 6.45) is -0.748. The number of benzene rings is 3. The zero-order chi connectivity index (χ0) is 24.3. The van der Waals surface area contributed by atoms with Gasteiger partial charge >= 0.3 is 0 Å². The molecule has 174 valence electrons. The Morgan fingerprint density at radius 2 is 1.64 bits per heavy atom. The van der Waals surface area contributed by atoms with E-state index in [1.807, 2.05) is 26.8 Å². The van der Waals surface area contributed by atoms with Crippen molar-refractivity contribution >= 4 is 50.5 Å². The number of rotatable bonds is 7. The zero-order valence-electron chi connectivity index (χ0n) is 18.6. The molecule has 3 aromatic carbocycles. The Bertz CT molecular complexity index is 1290. The van der Waals surface area contributed by atoms with Crippen LogP contribution in [0, 0.1) is 20.8 Å². The minimum Gasteiger partial charge on any atom is -0.481 e. The first-order valence-electron chi connectivity index (χ1n) is 10.1. The highest BCUT2D eigenvalue weighted by atomic mass is 35.5. The van der Waals surface area contributed by atoms with Crippen LogP contribution in [0.5, 0.6) is 5.75 Å². The predicted octanol–water partition coefficient (Wildman–Crippen LogP) is 6.13. The second kappa shape index (κ2) is 10.0. The number of halogens is 2. The number of hydrogen-bond acceptors (Lipinski definition) is 4. The lowest BCUT2D eigenvalue weighted by Crippen LogP contribution is -2.30. The summed E-state index contributed by atoms with van der Waals surface area (Å²) in [5, 5.41) is 3.32. The van der Waals surface area contributed by atoms with Crippen molar-refractivity contribution in [3.63, 3.8) is 0 Å². The number of amides is 1. The zero-order valence-corrected chi connectivity index (χ0v) is 20.9. The van der Waals surface area contributed by atoms with E-state index in [4.69, 9.17) is 27.9 Å². The first kappa shape index (κ1) is 24.9. The fourth-order valence-electron chi connectivity index (χ4n) is 3.10. The number of hydrogen-bond donors (Lipinski definition) is 2. The summed E-state index contributed by atoms with van der Waals surface area (Å²) >= 11 is 11.9. The molecule has 3 rings (SSSR count). The Hall–Kier alpha value is -2.74. The van der Waals surface area contributed by atoms with Crippen LogP contribution in [0.1, 0.15) is 23.6 Å². The second-order valence-corrected chi connectivity index (χ2v) is 10.2. The molecule has 9 heteroatoms. The van der Waals surface area contributed by atoms with E-state index in [2.05, 4.69) is 16.1 Å². The van der Waals surface area contributed by atoms with Gasteiger partial charge in [0, 0.05) is 10.7 Å². The fourth-order valence-corrected chi connectivity index (χ4v) is 4.70. The van der Waals surface area contributed by atoms with Crippen LogP contribution in [0.2, 0.25) is 10.0 Å². The maximum Gasteiger partial charge on any atom is 0.265 e. The molecule has 33 heavy (non-hydrogen) atoms. The van der Waals surface area contributed by atoms with Gasteiger partial charge in [-0.2, -0.15) is 0 Å². The minimum atomic E-state index is -3.88. The van der Waals surface area contributed by atoms with E-state index in [0.29, 0.717) is 16.5 Å². The van der Waals surface area contributed by atoms with Gasteiger partial charge in [0.15, 0.2) is 6.10 Å². The molecule has 1 atom stereocenters. The topological polar surface area (TPSA) is 84.5 Å². The van der Waals surface area contributed by atoms with Crippen molar-refractivity contribution in [1.82, 2.24) is 0 Å². The van der Waals surface area contributed by atoms with Crippen molar-refractivity contribution < 1.29 is 17.9 Å². The van der Waals surface area contributed by atoms with Crippen LogP contribution in [0.4, 0.5) is 11.4 Å². The molecule has 0 radical (unpaired) electrons. The first-order chi connectivity index (χ1) is 15.5. The van der Waals surface area contributed by atoms with Crippen LogP contribution >= 0.6 is 23.2 Å². The molecular weight excluding hydrogens is 483 g/mol. The molecule has 0 aliphatic heterocycles. The van der Waals surface area contributed by atoms with Crippen LogP contribution in [-0.2, 0) is 14.8 Å². The molecule has 0 heterocycles. The van der Waals surface area contributed by atoms with Crippen molar-refractivity contribution in [3.8, 4) is 5.75 Å². The van der Waals surface area contributed by atoms with Crippen molar-refractivity contribution in [2.45, 2.75) is 38.7 Å². The molecule has 0 saturated heterocycles. The standard InChI is InChI=1S/C24H24Cl2N2O4S/c1-14-11-15(2)16(3)23(12-14)32-17(4)24(29)27-19-6-8-20(9-7-19)33(30,31)28-22-10-5-18(25)13-21(22)26/h5-13,17,28H,1-4H3,(H,27,29)/t17-/m1/s1. The molecule has 3 aromatic rings. The average molecular weight is 507 g/mol. The number of aryl methyl sites for hydroxylation is 2. The number of ether oxygens (including phenoxy) is 1. The van der Waals surface area contributed by atoms with E-state index in [-0.39, 0.29) is 21.5 Å². The van der Waals surface area contributed by atoms with Gasteiger partial charge in [-0.1, -0.05) is 29.3 Å². The number of nitrogens with one attached hydrogen (secondary N) is 2. The Morgan fingerprint density at radius 3 is 2.27 bits per heavy atom. The molecule has 0 unspecified atom stereocenters. The fraction of sp³-hybridized carbons (Fsp3) is 0.208. The summed E-state index contributed by atoms with van der Waals surface area (Å²) in [6.45, 7) is 7.56. The average Bonchev–Trinajstić information content (AvgIpc) is 2.74. The SMILES string of the molecule is Cc1cc(C)c(C)c(O[C@H](C)C(=O)Nc2ccc(S(=O)(=O)Nc3ccc(Cl)cc3Cl)cc2)c1. The van der Waals surface area contributed by atoms with Gasteiger partial charge < -0.3 is 10.1 Å². The monoisotopic (exact) mass is 506 g/mol. The van der Waals surface area contributed by atoms with E-state index in [1.54, 1.807) is 6.92 Å². The largest absolute Gasteiger partial charge is 0.481 e. The van der Waals surface area contributed by atoms with Crippen LogP contribution in [0.15, 0.2) is 59.5 Å².